The van der Waals surface area contributed by atoms with Crippen LogP contribution in [0.4, 0.5) is 0 Å². The van der Waals surface area contributed by atoms with E-state index in [-0.39, 0.29) is 0 Å². The number of likely N-dealkylation sites (tertiary alicyclic amines) is 1. The Kier molecular flexibility index (Phi) is 5.11. The molecule has 1 aromatic heterocycles. The lowest BCUT2D eigenvalue weighted by atomic mass is 9.85. The van der Waals surface area contributed by atoms with Crippen LogP contribution in [0.25, 0.3) is 0 Å². The predicted molar refractivity (Wildman–Crippen MR) is 103 cm³/mol. The Bertz CT molecular complexity index is 756. The first-order valence-electron chi connectivity index (χ1n) is 9.84. The van der Waals surface area contributed by atoms with Crippen molar-refractivity contribution < 1.29 is 4.52 Å². The van der Waals surface area contributed by atoms with Crippen molar-refractivity contribution in [1.82, 2.24) is 20.9 Å². The van der Waals surface area contributed by atoms with Crippen molar-refractivity contribution in [2.24, 2.45) is 0 Å². The molecule has 2 N–H and O–H groups in total. The third-order valence-electron chi connectivity index (χ3n) is 6.10. The second-order valence-electron chi connectivity index (χ2n) is 7.94. The highest BCUT2D eigenvalue weighted by Crippen LogP contribution is 2.33. The maximum absolute atomic E-state index is 5.72. The quantitative estimate of drug-likeness (QED) is 0.883. The van der Waals surface area contributed by atoms with Crippen LogP contribution in [-0.2, 0) is 6.54 Å². The molecule has 2 aliphatic rings. The van der Waals surface area contributed by atoms with E-state index in [2.05, 4.69) is 59.0 Å². The zero-order valence-corrected chi connectivity index (χ0v) is 16.1. The summed E-state index contributed by atoms with van der Waals surface area (Å²) in [5.74, 6) is 1.38. The number of hydrogen-bond acceptors (Lipinski definition) is 5. The van der Waals surface area contributed by atoms with Gasteiger partial charge in [-0.1, -0.05) is 41.4 Å². The molecule has 26 heavy (non-hydrogen) atoms. The van der Waals surface area contributed by atoms with Crippen LogP contribution in [0.2, 0.25) is 0 Å². The second-order valence-corrected chi connectivity index (χ2v) is 7.94. The summed E-state index contributed by atoms with van der Waals surface area (Å²) in [7, 11) is 0. The summed E-state index contributed by atoms with van der Waals surface area (Å²) in [5.41, 5.74) is 11.9. The standard InChI is InChI=1S/C21H30N4O/c1-14-7-6-8-17(11-14)13-25-10-5-4-9-19(25)20-18(12-22-23-20)21-15(2)16(3)24-26-21/h6-8,11,18-20,22-23H,4-5,9-10,12-13H2,1-3H3. The molecule has 2 aliphatic heterocycles. The Morgan fingerprint density at radius 1 is 1.23 bits per heavy atom. The van der Waals surface area contributed by atoms with E-state index < -0.39 is 0 Å². The Hall–Kier alpha value is -1.69. The molecule has 5 heteroatoms. The smallest absolute Gasteiger partial charge is 0.145 e. The van der Waals surface area contributed by atoms with Crippen molar-refractivity contribution in [2.75, 3.05) is 13.1 Å². The molecule has 0 bridgehead atoms. The molecule has 2 aromatic rings. The molecule has 2 fully saturated rings. The van der Waals surface area contributed by atoms with Gasteiger partial charge in [0.1, 0.15) is 5.76 Å². The van der Waals surface area contributed by atoms with Crippen molar-refractivity contribution in [1.29, 1.82) is 0 Å². The Morgan fingerprint density at radius 3 is 2.88 bits per heavy atom. The Labute approximate surface area is 156 Å². The fourth-order valence-corrected chi connectivity index (χ4v) is 4.58. The zero-order chi connectivity index (χ0) is 18.1. The van der Waals surface area contributed by atoms with Crippen molar-refractivity contribution in [2.45, 2.75) is 64.6 Å². The number of hydrazine groups is 1. The number of hydrogen-bond donors (Lipinski definition) is 2. The fraction of sp³-hybridized carbons (Fsp3) is 0.571. The molecular formula is C21H30N4O. The monoisotopic (exact) mass is 354 g/mol. The van der Waals surface area contributed by atoms with Crippen LogP contribution in [-0.4, -0.2) is 35.2 Å². The highest BCUT2D eigenvalue weighted by molar-refractivity contribution is 5.27. The topological polar surface area (TPSA) is 53.3 Å². The Balaban J connectivity index is 1.56. The number of rotatable bonds is 4. The molecule has 140 valence electrons. The minimum absolute atomic E-state index is 0.333. The molecule has 3 heterocycles. The van der Waals surface area contributed by atoms with Gasteiger partial charge < -0.3 is 4.52 Å². The van der Waals surface area contributed by atoms with Gasteiger partial charge in [0, 0.05) is 30.7 Å². The molecule has 0 amide bonds. The number of nitrogens with zero attached hydrogens (tertiary/aromatic N) is 2. The molecule has 0 saturated carbocycles. The molecule has 5 nitrogen and oxygen atoms in total. The van der Waals surface area contributed by atoms with Crippen LogP contribution in [0.15, 0.2) is 28.8 Å². The van der Waals surface area contributed by atoms with Gasteiger partial charge in [-0.05, 0) is 45.7 Å². The van der Waals surface area contributed by atoms with Crippen LogP contribution in [0.1, 0.15) is 53.3 Å². The summed E-state index contributed by atoms with van der Waals surface area (Å²) in [5, 5.41) is 4.19. The molecule has 3 atom stereocenters. The summed E-state index contributed by atoms with van der Waals surface area (Å²) >= 11 is 0. The van der Waals surface area contributed by atoms with Crippen molar-refractivity contribution >= 4 is 0 Å². The minimum atomic E-state index is 0.333. The minimum Gasteiger partial charge on any atom is -0.360 e. The van der Waals surface area contributed by atoms with Crippen molar-refractivity contribution in [3.63, 3.8) is 0 Å². The van der Waals surface area contributed by atoms with Gasteiger partial charge in [-0.15, -0.1) is 0 Å². The third kappa shape index (κ3) is 3.43. The van der Waals surface area contributed by atoms with Gasteiger partial charge in [-0.2, -0.15) is 0 Å². The lowest BCUT2D eigenvalue weighted by molar-refractivity contribution is 0.103. The van der Waals surface area contributed by atoms with Gasteiger partial charge in [-0.25, -0.2) is 0 Å². The lowest BCUT2D eigenvalue weighted by Gasteiger charge is -2.40. The summed E-state index contributed by atoms with van der Waals surface area (Å²) in [6, 6.07) is 9.77. The van der Waals surface area contributed by atoms with E-state index in [9.17, 15) is 0 Å². The van der Waals surface area contributed by atoms with E-state index in [4.69, 9.17) is 4.52 Å². The molecule has 0 radical (unpaired) electrons. The lowest BCUT2D eigenvalue weighted by Crippen LogP contribution is -2.52. The first kappa shape index (κ1) is 17.7. The molecule has 4 rings (SSSR count). The van der Waals surface area contributed by atoms with Gasteiger partial charge >= 0.3 is 0 Å². The fourth-order valence-electron chi connectivity index (χ4n) is 4.58. The van der Waals surface area contributed by atoms with Crippen LogP contribution in [0.5, 0.6) is 0 Å². The first-order valence-corrected chi connectivity index (χ1v) is 9.84. The van der Waals surface area contributed by atoms with Crippen molar-refractivity contribution in [3.05, 3.63) is 52.4 Å². The van der Waals surface area contributed by atoms with Gasteiger partial charge in [0.25, 0.3) is 0 Å². The van der Waals surface area contributed by atoms with E-state index in [0.717, 1.165) is 31.1 Å². The van der Waals surface area contributed by atoms with Gasteiger partial charge in [0.15, 0.2) is 0 Å². The average molecular weight is 354 g/mol. The maximum atomic E-state index is 5.72. The van der Waals surface area contributed by atoms with Gasteiger partial charge in [0.2, 0.25) is 0 Å². The van der Waals surface area contributed by atoms with E-state index >= 15 is 0 Å². The average Bonchev–Trinajstić information content (AvgIpc) is 3.23. The summed E-state index contributed by atoms with van der Waals surface area (Å²) in [6.07, 6.45) is 3.82. The highest BCUT2D eigenvalue weighted by atomic mass is 16.5. The summed E-state index contributed by atoms with van der Waals surface area (Å²) < 4.78 is 5.72. The number of aryl methyl sites for hydroxylation is 2. The molecule has 0 aliphatic carbocycles. The third-order valence-corrected chi connectivity index (χ3v) is 6.10. The SMILES string of the molecule is Cc1cccc(CN2CCCCC2C2NNCC2c2onc(C)c2C)c1. The van der Waals surface area contributed by atoms with E-state index in [1.165, 1.54) is 36.0 Å². The molecule has 3 unspecified atom stereocenters. The molecule has 1 aromatic carbocycles. The van der Waals surface area contributed by atoms with Crippen molar-refractivity contribution in [3.8, 4) is 0 Å². The summed E-state index contributed by atoms with van der Waals surface area (Å²) in [4.78, 5) is 2.66. The van der Waals surface area contributed by atoms with Crippen LogP contribution >= 0.6 is 0 Å². The zero-order valence-electron chi connectivity index (χ0n) is 16.1. The number of piperidine rings is 1. The molecule has 0 spiro atoms. The van der Waals surface area contributed by atoms with Crippen LogP contribution in [0.3, 0.4) is 0 Å². The largest absolute Gasteiger partial charge is 0.360 e. The van der Waals surface area contributed by atoms with Gasteiger partial charge in [0.05, 0.1) is 11.6 Å². The second kappa shape index (κ2) is 7.51. The number of aromatic nitrogens is 1. The van der Waals surface area contributed by atoms with Crippen LogP contribution < -0.4 is 10.9 Å². The number of benzene rings is 1. The first-order chi connectivity index (χ1) is 12.6. The highest BCUT2D eigenvalue weighted by Gasteiger charge is 2.41. The maximum Gasteiger partial charge on any atom is 0.145 e. The predicted octanol–water partition coefficient (Wildman–Crippen LogP) is 3.21. The molecular weight excluding hydrogens is 324 g/mol. The molecule has 2 saturated heterocycles. The van der Waals surface area contributed by atoms with E-state index in [1.54, 1.807) is 0 Å². The summed E-state index contributed by atoms with van der Waals surface area (Å²) in [6.45, 7) is 9.41. The van der Waals surface area contributed by atoms with E-state index in [1.807, 2.05) is 6.92 Å². The Morgan fingerprint density at radius 2 is 2.12 bits per heavy atom. The van der Waals surface area contributed by atoms with Gasteiger partial charge in [-0.3, -0.25) is 15.8 Å². The number of nitrogens with one attached hydrogen (secondary N) is 2. The van der Waals surface area contributed by atoms with Crippen LogP contribution in [0, 0.1) is 20.8 Å². The normalized spacial score (nSPS) is 27.1. The van der Waals surface area contributed by atoms with E-state index in [0.29, 0.717) is 18.0 Å².